The predicted octanol–water partition coefficient (Wildman–Crippen LogP) is 3.95. The standard InChI is InChI=1S/C20H26N2O3/c1-13(2)25-17-10-6-9-16(11-17)18(23)12-21-20(24)22-19-14(3)7-5-8-15(19)4/h5-11,13,18,23H,12H2,1-4H3,(H2,21,22,24). The van der Waals surface area contributed by atoms with E-state index in [1.165, 1.54) is 0 Å². The van der Waals surface area contributed by atoms with Crippen molar-refractivity contribution in [3.8, 4) is 5.75 Å². The first-order valence-electron chi connectivity index (χ1n) is 8.42. The molecule has 1 atom stereocenters. The Morgan fingerprint density at radius 2 is 1.76 bits per heavy atom. The number of urea groups is 1. The zero-order valence-electron chi connectivity index (χ0n) is 15.2. The number of carbonyl (C=O) groups is 1. The summed E-state index contributed by atoms with van der Waals surface area (Å²) < 4.78 is 5.63. The third kappa shape index (κ3) is 5.50. The number of aliphatic hydroxyl groups excluding tert-OH is 1. The van der Waals surface area contributed by atoms with Crippen molar-refractivity contribution in [1.82, 2.24) is 5.32 Å². The number of hydrogen-bond acceptors (Lipinski definition) is 3. The highest BCUT2D eigenvalue weighted by Gasteiger charge is 2.12. The molecular weight excluding hydrogens is 316 g/mol. The van der Waals surface area contributed by atoms with E-state index in [9.17, 15) is 9.90 Å². The van der Waals surface area contributed by atoms with Gasteiger partial charge in [-0.15, -0.1) is 0 Å². The summed E-state index contributed by atoms with van der Waals surface area (Å²) in [5.41, 5.74) is 3.48. The van der Waals surface area contributed by atoms with Crippen LogP contribution in [0, 0.1) is 13.8 Å². The highest BCUT2D eigenvalue weighted by molar-refractivity contribution is 5.91. The highest BCUT2D eigenvalue weighted by atomic mass is 16.5. The van der Waals surface area contributed by atoms with Crippen LogP contribution in [0.5, 0.6) is 5.75 Å². The second kappa shape index (κ2) is 8.53. The number of para-hydroxylation sites is 1. The predicted molar refractivity (Wildman–Crippen MR) is 100 cm³/mol. The summed E-state index contributed by atoms with van der Waals surface area (Å²) in [7, 11) is 0. The van der Waals surface area contributed by atoms with Crippen molar-refractivity contribution in [2.75, 3.05) is 11.9 Å². The minimum Gasteiger partial charge on any atom is -0.491 e. The Labute approximate surface area is 149 Å². The molecule has 1 unspecified atom stereocenters. The Hall–Kier alpha value is -2.53. The Kier molecular flexibility index (Phi) is 6.42. The fourth-order valence-corrected chi connectivity index (χ4v) is 2.54. The van der Waals surface area contributed by atoms with E-state index in [0.29, 0.717) is 11.3 Å². The maximum Gasteiger partial charge on any atom is 0.319 e. The molecule has 0 aliphatic rings. The summed E-state index contributed by atoms with van der Waals surface area (Å²) in [6, 6.07) is 12.8. The van der Waals surface area contributed by atoms with Crippen LogP contribution >= 0.6 is 0 Å². The molecule has 5 nitrogen and oxygen atoms in total. The van der Waals surface area contributed by atoms with Gasteiger partial charge in [0.1, 0.15) is 5.75 Å². The van der Waals surface area contributed by atoms with Gasteiger partial charge >= 0.3 is 6.03 Å². The van der Waals surface area contributed by atoms with Crippen molar-refractivity contribution >= 4 is 11.7 Å². The van der Waals surface area contributed by atoms with Crippen molar-refractivity contribution in [1.29, 1.82) is 0 Å². The van der Waals surface area contributed by atoms with Gasteiger partial charge < -0.3 is 20.5 Å². The summed E-state index contributed by atoms with van der Waals surface area (Å²) in [4.78, 5) is 12.1. The van der Waals surface area contributed by atoms with Crippen LogP contribution in [0.3, 0.4) is 0 Å². The number of ether oxygens (including phenoxy) is 1. The lowest BCUT2D eigenvalue weighted by molar-refractivity contribution is 0.174. The van der Waals surface area contributed by atoms with E-state index >= 15 is 0 Å². The Balaban J connectivity index is 1.93. The number of hydrogen-bond donors (Lipinski definition) is 3. The first kappa shape index (κ1) is 18.8. The zero-order valence-corrected chi connectivity index (χ0v) is 15.2. The van der Waals surface area contributed by atoms with Gasteiger partial charge in [-0.25, -0.2) is 4.79 Å². The van der Waals surface area contributed by atoms with Crippen LogP contribution in [-0.2, 0) is 0 Å². The number of rotatable bonds is 6. The summed E-state index contributed by atoms with van der Waals surface area (Å²) >= 11 is 0. The van der Waals surface area contributed by atoms with Crippen molar-refractivity contribution in [2.24, 2.45) is 0 Å². The molecule has 134 valence electrons. The molecule has 0 saturated carbocycles. The fourth-order valence-electron chi connectivity index (χ4n) is 2.54. The van der Waals surface area contributed by atoms with Crippen LogP contribution < -0.4 is 15.4 Å². The van der Waals surface area contributed by atoms with Crippen LogP contribution in [0.25, 0.3) is 0 Å². The van der Waals surface area contributed by atoms with Crippen LogP contribution in [0.2, 0.25) is 0 Å². The maximum atomic E-state index is 12.1. The number of nitrogens with one attached hydrogen (secondary N) is 2. The van der Waals surface area contributed by atoms with Gasteiger partial charge in [-0.05, 0) is 56.5 Å². The quantitative estimate of drug-likeness (QED) is 0.744. The van der Waals surface area contributed by atoms with E-state index in [1.807, 2.05) is 64.1 Å². The number of carbonyl (C=O) groups excluding carboxylic acids is 1. The SMILES string of the molecule is Cc1cccc(C)c1NC(=O)NCC(O)c1cccc(OC(C)C)c1. The second-order valence-corrected chi connectivity index (χ2v) is 6.36. The number of aliphatic hydroxyl groups is 1. The molecule has 0 bridgehead atoms. The molecule has 0 aliphatic carbocycles. The molecule has 3 N–H and O–H groups in total. The molecule has 25 heavy (non-hydrogen) atoms. The molecule has 0 spiro atoms. The third-order valence-corrected chi connectivity index (χ3v) is 3.79. The number of anilines is 1. The maximum absolute atomic E-state index is 12.1. The molecule has 2 rings (SSSR count). The van der Waals surface area contributed by atoms with Gasteiger partial charge in [0.15, 0.2) is 0 Å². The number of aryl methyl sites for hydroxylation is 2. The summed E-state index contributed by atoms with van der Waals surface area (Å²) in [6.07, 6.45) is -0.743. The van der Waals surface area contributed by atoms with Gasteiger partial charge in [0.05, 0.1) is 12.2 Å². The molecule has 2 aromatic carbocycles. The molecule has 0 heterocycles. The third-order valence-electron chi connectivity index (χ3n) is 3.79. The molecule has 0 radical (unpaired) electrons. The summed E-state index contributed by atoms with van der Waals surface area (Å²) in [5, 5.41) is 15.8. The molecule has 0 saturated heterocycles. The molecule has 5 heteroatoms. The number of amides is 2. The van der Waals surface area contributed by atoms with Gasteiger partial charge in [-0.2, -0.15) is 0 Å². The summed E-state index contributed by atoms with van der Waals surface area (Å²) in [5.74, 6) is 0.700. The zero-order chi connectivity index (χ0) is 18.4. The van der Waals surface area contributed by atoms with Crippen LogP contribution in [0.1, 0.15) is 36.6 Å². The van der Waals surface area contributed by atoms with Crippen LogP contribution in [0.4, 0.5) is 10.5 Å². The molecule has 0 aliphatic heterocycles. The molecule has 0 aromatic heterocycles. The van der Waals surface area contributed by atoms with Gasteiger partial charge in [-0.3, -0.25) is 0 Å². The van der Waals surface area contributed by atoms with Gasteiger partial charge in [0.25, 0.3) is 0 Å². The number of benzene rings is 2. The van der Waals surface area contributed by atoms with E-state index in [2.05, 4.69) is 10.6 Å². The van der Waals surface area contributed by atoms with Gasteiger partial charge in [-0.1, -0.05) is 30.3 Å². The van der Waals surface area contributed by atoms with E-state index in [-0.39, 0.29) is 18.7 Å². The molecule has 2 aromatic rings. The lowest BCUT2D eigenvalue weighted by Gasteiger charge is -2.16. The second-order valence-electron chi connectivity index (χ2n) is 6.36. The van der Waals surface area contributed by atoms with Gasteiger partial charge in [0, 0.05) is 12.2 Å². The highest BCUT2D eigenvalue weighted by Crippen LogP contribution is 2.21. The first-order valence-corrected chi connectivity index (χ1v) is 8.42. The van der Waals surface area contributed by atoms with E-state index in [4.69, 9.17) is 4.74 Å². The van der Waals surface area contributed by atoms with E-state index in [1.54, 1.807) is 6.07 Å². The lowest BCUT2D eigenvalue weighted by Crippen LogP contribution is -2.32. The molecule has 0 fully saturated rings. The fraction of sp³-hybridized carbons (Fsp3) is 0.350. The van der Waals surface area contributed by atoms with Crippen molar-refractivity contribution in [2.45, 2.75) is 39.9 Å². The smallest absolute Gasteiger partial charge is 0.319 e. The Bertz CT molecular complexity index is 708. The van der Waals surface area contributed by atoms with Crippen LogP contribution in [-0.4, -0.2) is 23.8 Å². The largest absolute Gasteiger partial charge is 0.491 e. The lowest BCUT2D eigenvalue weighted by atomic mass is 10.1. The van der Waals surface area contributed by atoms with Crippen LogP contribution in [0.15, 0.2) is 42.5 Å². The average Bonchev–Trinajstić information content (AvgIpc) is 2.56. The van der Waals surface area contributed by atoms with E-state index < -0.39 is 6.10 Å². The minimum atomic E-state index is -0.806. The normalized spacial score (nSPS) is 11.9. The monoisotopic (exact) mass is 342 g/mol. The Morgan fingerprint density at radius 1 is 1.12 bits per heavy atom. The van der Waals surface area contributed by atoms with Crippen molar-refractivity contribution in [3.05, 3.63) is 59.2 Å². The topological polar surface area (TPSA) is 70.6 Å². The molecular formula is C20H26N2O3. The minimum absolute atomic E-state index is 0.0636. The van der Waals surface area contributed by atoms with E-state index in [0.717, 1.165) is 16.8 Å². The first-order chi connectivity index (χ1) is 11.9. The van der Waals surface area contributed by atoms with Crippen molar-refractivity contribution < 1.29 is 14.6 Å². The van der Waals surface area contributed by atoms with Crippen molar-refractivity contribution in [3.63, 3.8) is 0 Å². The summed E-state index contributed by atoms with van der Waals surface area (Å²) in [6.45, 7) is 7.89. The van der Waals surface area contributed by atoms with Gasteiger partial charge in [0.2, 0.25) is 0 Å². The Morgan fingerprint density at radius 3 is 2.40 bits per heavy atom. The molecule has 2 amide bonds. The average molecular weight is 342 g/mol.